The summed E-state index contributed by atoms with van der Waals surface area (Å²) in [5.41, 5.74) is 0.470. The van der Waals surface area contributed by atoms with E-state index in [9.17, 15) is 4.79 Å². The van der Waals surface area contributed by atoms with Gasteiger partial charge in [-0.2, -0.15) is 0 Å². The summed E-state index contributed by atoms with van der Waals surface area (Å²) in [6.45, 7) is 0. The van der Waals surface area contributed by atoms with Crippen LogP contribution in [0.4, 0.5) is 0 Å². The summed E-state index contributed by atoms with van der Waals surface area (Å²) in [7, 11) is 3.12. The second-order valence-electron chi connectivity index (χ2n) is 3.98. The van der Waals surface area contributed by atoms with Crippen LogP contribution in [0.2, 0.25) is 0 Å². The van der Waals surface area contributed by atoms with Crippen molar-refractivity contribution in [2.45, 2.75) is 0 Å². The third kappa shape index (κ3) is 4.34. The van der Waals surface area contributed by atoms with Gasteiger partial charge in [-0.15, -0.1) is 0 Å². The van der Waals surface area contributed by atoms with Gasteiger partial charge in [0.2, 0.25) is 0 Å². The zero-order valence-electron chi connectivity index (χ0n) is 12.1. The van der Waals surface area contributed by atoms with E-state index >= 15 is 0 Å². The summed E-state index contributed by atoms with van der Waals surface area (Å²) in [6.07, 6.45) is 0. The molecular weight excluding hydrogens is 346 g/mol. The van der Waals surface area contributed by atoms with Gasteiger partial charge in [0.15, 0.2) is 5.52 Å². The van der Waals surface area contributed by atoms with E-state index in [-0.39, 0.29) is 33.0 Å². The first kappa shape index (κ1) is 18.3. The molecule has 2 aromatic rings. The predicted octanol–water partition coefficient (Wildman–Crippen LogP) is 0.614. The first-order valence-electron chi connectivity index (χ1n) is 5.94. The van der Waals surface area contributed by atoms with Crippen LogP contribution < -0.4 is 33.6 Å². The number of benzene rings is 2. The van der Waals surface area contributed by atoms with Gasteiger partial charge < -0.3 is 9.47 Å². The van der Waals surface area contributed by atoms with Gasteiger partial charge in [-0.05, 0) is 41.9 Å². The van der Waals surface area contributed by atoms with Crippen molar-refractivity contribution in [2.75, 3.05) is 14.2 Å². The molecule has 0 fully saturated rings. The van der Waals surface area contributed by atoms with Crippen LogP contribution in [0.3, 0.4) is 0 Å². The fraction of sp³-hybridized carbons (Fsp3) is 0.133. The molecule has 6 heteroatoms. The number of methoxy groups -OCH3 is 2. The summed E-state index contributed by atoms with van der Waals surface area (Å²) >= 11 is 3.39. The van der Waals surface area contributed by atoms with E-state index < -0.39 is 0 Å². The fourth-order valence-electron chi connectivity index (χ4n) is 1.84. The zero-order chi connectivity index (χ0) is 14.5. The number of ether oxygens (including phenoxy) is 2. The quantitative estimate of drug-likeness (QED) is 0.579. The van der Waals surface area contributed by atoms with E-state index in [4.69, 9.17) is 9.47 Å². The van der Waals surface area contributed by atoms with Crippen LogP contribution in [-0.4, -0.2) is 19.7 Å². The Labute approximate surface area is 146 Å². The van der Waals surface area contributed by atoms with Gasteiger partial charge >= 0.3 is 18.9 Å². The minimum absolute atomic E-state index is 0. The van der Waals surface area contributed by atoms with Crippen molar-refractivity contribution in [2.24, 2.45) is 0 Å². The Hall–Kier alpha value is -0.783. The van der Waals surface area contributed by atoms with Crippen LogP contribution in [0.5, 0.6) is 11.5 Å². The third-order valence-corrected chi connectivity index (χ3v) is 4.48. The summed E-state index contributed by atoms with van der Waals surface area (Å²) < 4.78 is 11.4. The molecule has 0 aromatic heterocycles. The summed E-state index contributed by atoms with van der Waals surface area (Å²) in [4.78, 5) is 12.6. The number of carbonyl (C=O) groups excluding carboxylic acids is 1. The van der Waals surface area contributed by atoms with E-state index in [0.29, 0.717) is 17.1 Å². The zero-order valence-corrected chi connectivity index (χ0v) is 14.7. The van der Waals surface area contributed by atoms with Crippen molar-refractivity contribution in [3.05, 3.63) is 52.5 Å². The van der Waals surface area contributed by atoms with Gasteiger partial charge in [0.05, 0.1) is 18.7 Å². The number of hydrogen-bond donors (Lipinski definition) is 0. The molecule has 0 heterocycles. The van der Waals surface area contributed by atoms with Crippen LogP contribution >= 0.6 is 24.5 Å². The van der Waals surface area contributed by atoms with Crippen LogP contribution in [0.25, 0.3) is 0 Å². The average Bonchev–Trinajstić information content (AvgIpc) is 2.47. The minimum Gasteiger partial charge on any atom is -0.496 e. The van der Waals surface area contributed by atoms with Crippen molar-refractivity contribution in [3.63, 3.8) is 0 Å². The molecule has 2 rings (SSSR count). The summed E-state index contributed by atoms with van der Waals surface area (Å²) in [5.74, 6) is 1.04. The van der Waals surface area contributed by atoms with Crippen molar-refractivity contribution >= 4 is 35.3 Å². The molecular formula is C15H14BrLiO3P+. The molecule has 0 bridgehead atoms. The second-order valence-corrected chi connectivity index (χ2v) is 6.11. The maximum Gasteiger partial charge on any atom is 1.00 e. The monoisotopic (exact) mass is 359 g/mol. The van der Waals surface area contributed by atoms with Crippen molar-refractivity contribution < 1.29 is 33.1 Å². The Morgan fingerprint density at radius 1 is 1.05 bits per heavy atom. The molecule has 2 aromatic carbocycles. The minimum atomic E-state index is -0.00815. The molecule has 0 aliphatic carbocycles. The van der Waals surface area contributed by atoms with Crippen LogP contribution in [0, 0.1) is 0 Å². The van der Waals surface area contributed by atoms with Crippen LogP contribution in [0.1, 0.15) is 10.4 Å². The molecule has 0 saturated heterocycles. The van der Waals surface area contributed by atoms with Gasteiger partial charge in [0.1, 0.15) is 17.1 Å². The molecule has 0 amide bonds. The number of carbonyl (C=O) groups is 1. The Bertz CT molecular complexity index is 620. The van der Waals surface area contributed by atoms with Gasteiger partial charge in [-0.3, -0.25) is 4.79 Å². The molecule has 21 heavy (non-hydrogen) atoms. The topological polar surface area (TPSA) is 35.5 Å². The molecule has 0 aliphatic rings. The molecule has 104 valence electrons. The van der Waals surface area contributed by atoms with Crippen LogP contribution in [-0.2, 0) is 0 Å². The number of rotatable bonds is 5. The molecule has 1 unspecified atom stereocenters. The predicted molar refractivity (Wildman–Crippen MR) is 86.0 cm³/mol. The Morgan fingerprint density at radius 2 is 1.71 bits per heavy atom. The summed E-state index contributed by atoms with van der Waals surface area (Å²) in [5, 5.41) is 0.988. The molecule has 0 saturated carbocycles. The Morgan fingerprint density at radius 3 is 2.29 bits per heavy atom. The molecule has 1 atom stereocenters. The SMILES string of the molecule is COc1ccc(Br)c(OC)c1C(=O)Pc1ccccc1.[Li+]. The van der Waals surface area contributed by atoms with E-state index in [1.165, 1.54) is 0 Å². The number of halogens is 1. The summed E-state index contributed by atoms with van der Waals surface area (Å²) in [6, 6.07) is 13.2. The van der Waals surface area contributed by atoms with E-state index in [2.05, 4.69) is 15.9 Å². The van der Waals surface area contributed by atoms with E-state index in [1.807, 2.05) is 30.3 Å². The first-order valence-corrected chi connectivity index (χ1v) is 7.73. The Balaban J connectivity index is 0.00000220. The molecule has 3 nitrogen and oxygen atoms in total. The van der Waals surface area contributed by atoms with Crippen LogP contribution in [0.15, 0.2) is 46.9 Å². The van der Waals surface area contributed by atoms with E-state index in [1.54, 1.807) is 26.4 Å². The third-order valence-electron chi connectivity index (χ3n) is 2.75. The standard InChI is InChI=1S/C15H14BrO3P.Li/c1-18-12-9-8-11(16)14(19-2)13(12)15(17)20-10-6-4-3-5-7-10;/h3-9,20H,1-2H3;/q;+1. The maximum absolute atomic E-state index is 12.6. The van der Waals surface area contributed by atoms with Gasteiger partial charge in [-0.1, -0.05) is 30.3 Å². The van der Waals surface area contributed by atoms with Gasteiger partial charge in [0.25, 0.3) is 0 Å². The van der Waals surface area contributed by atoms with E-state index in [0.717, 1.165) is 9.78 Å². The fourth-order valence-corrected chi connectivity index (χ4v) is 3.31. The first-order chi connectivity index (χ1) is 9.67. The molecule has 0 spiro atoms. The van der Waals surface area contributed by atoms with Gasteiger partial charge in [-0.25, -0.2) is 0 Å². The molecule has 0 aliphatic heterocycles. The average molecular weight is 360 g/mol. The Kier molecular flexibility index (Phi) is 7.49. The van der Waals surface area contributed by atoms with Crippen molar-refractivity contribution in [1.82, 2.24) is 0 Å². The molecule has 0 N–H and O–H groups in total. The van der Waals surface area contributed by atoms with Crippen molar-refractivity contribution in [3.8, 4) is 11.5 Å². The van der Waals surface area contributed by atoms with Crippen molar-refractivity contribution in [1.29, 1.82) is 0 Å². The van der Waals surface area contributed by atoms with Gasteiger partial charge in [0, 0.05) is 0 Å². The largest absolute Gasteiger partial charge is 1.00 e. The number of hydrogen-bond acceptors (Lipinski definition) is 3. The maximum atomic E-state index is 12.6. The second kappa shape index (κ2) is 8.61. The molecule has 0 radical (unpaired) electrons. The smallest absolute Gasteiger partial charge is 0.496 e. The normalized spacial score (nSPS) is 10.2.